The third-order valence-electron chi connectivity index (χ3n) is 3.83. The molecule has 0 spiro atoms. The molecule has 0 atom stereocenters. The van der Waals surface area contributed by atoms with Gasteiger partial charge in [-0.05, 0) is 70.9 Å². The first kappa shape index (κ1) is 14.3. The van der Waals surface area contributed by atoms with Crippen molar-refractivity contribution in [2.24, 2.45) is 0 Å². The van der Waals surface area contributed by atoms with Gasteiger partial charge in [-0.3, -0.25) is 4.79 Å². The molecule has 0 radical (unpaired) electrons. The Morgan fingerprint density at radius 2 is 1.86 bits per heavy atom. The summed E-state index contributed by atoms with van der Waals surface area (Å²) in [6.45, 7) is 0. The number of aryl methyl sites for hydroxylation is 1. The Kier molecular flexibility index (Phi) is 4.06. The lowest BCUT2D eigenvalue weighted by atomic mass is 9.90. The first-order chi connectivity index (χ1) is 10.2. The van der Waals surface area contributed by atoms with Gasteiger partial charge in [0, 0.05) is 10.2 Å². The maximum Gasteiger partial charge on any atom is 0.259 e. The summed E-state index contributed by atoms with van der Waals surface area (Å²) in [6, 6.07) is 10.5. The van der Waals surface area contributed by atoms with Crippen molar-refractivity contribution in [1.82, 2.24) is 0 Å². The number of rotatable bonds is 2. The van der Waals surface area contributed by atoms with Gasteiger partial charge in [0.25, 0.3) is 5.91 Å². The molecule has 2 nitrogen and oxygen atoms in total. The van der Waals surface area contributed by atoms with Crippen LogP contribution < -0.4 is 5.32 Å². The van der Waals surface area contributed by atoms with E-state index < -0.39 is 11.7 Å². The molecule has 21 heavy (non-hydrogen) atoms. The molecule has 0 saturated carbocycles. The van der Waals surface area contributed by atoms with Gasteiger partial charge >= 0.3 is 0 Å². The van der Waals surface area contributed by atoms with Crippen LogP contribution in [0.3, 0.4) is 0 Å². The van der Waals surface area contributed by atoms with Crippen molar-refractivity contribution in [1.29, 1.82) is 0 Å². The van der Waals surface area contributed by atoms with Gasteiger partial charge in [-0.2, -0.15) is 0 Å². The molecule has 1 aliphatic rings. The normalized spacial score (nSPS) is 13.6. The maximum absolute atomic E-state index is 13.9. The molecule has 0 aromatic heterocycles. The number of carbonyl (C=O) groups excluding carboxylic acids is 1. The summed E-state index contributed by atoms with van der Waals surface area (Å²) < 4.78 is 14.3. The van der Waals surface area contributed by atoms with Gasteiger partial charge in [-0.15, -0.1) is 0 Å². The number of amides is 1. The molecule has 2 aromatic rings. The zero-order valence-corrected chi connectivity index (χ0v) is 13.0. The van der Waals surface area contributed by atoms with Crippen LogP contribution in [0.15, 0.2) is 40.9 Å². The van der Waals surface area contributed by atoms with Crippen LogP contribution in [0.25, 0.3) is 0 Å². The summed E-state index contributed by atoms with van der Waals surface area (Å²) in [7, 11) is 0. The molecule has 0 unspecified atom stereocenters. The number of anilines is 1. The van der Waals surface area contributed by atoms with Crippen molar-refractivity contribution in [3.8, 4) is 0 Å². The van der Waals surface area contributed by atoms with Gasteiger partial charge in [0.2, 0.25) is 0 Å². The lowest BCUT2D eigenvalue weighted by Crippen LogP contribution is -2.17. The topological polar surface area (TPSA) is 29.1 Å². The number of halogens is 2. The Balaban J connectivity index is 1.92. The van der Waals surface area contributed by atoms with Gasteiger partial charge in [-0.1, -0.05) is 18.2 Å². The van der Waals surface area contributed by atoms with Crippen molar-refractivity contribution >= 4 is 27.5 Å². The molecule has 0 aliphatic heterocycles. The summed E-state index contributed by atoms with van der Waals surface area (Å²) in [5.41, 5.74) is 3.31. The second-order valence-corrected chi connectivity index (χ2v) is 6.06. The maximum atomic E-state index is 13.9. The minimum atomic E-state index is -0.522. The highest BCUT2D eigenvalue weighted by Gasteiger charge is 2.18. The largest absolute Gasteiger partial charge is 0.322 e. The van der Waals surface area contributed by atoms with E-state index in [1.165, 1.54) is 23.6 Å². The Morgan fingerprint density at radius 1 is 1.10 bits per heavy atom. The molecule has 3 rings (SSSR count). The Bertz CT molecular complexity index is 679. The predicted octanol–water partition coefficient (Wildman–Crippen LogP) is 4.72. The molecule has 0 heterocycles. The minimum Gasteiger partial charge on any atom is -0.322 e. The zero-order valence-electron chi connectivity index (χ0n) is 11.5. The van der Waals surface area contributed by atoms with E-state index in [0.29, 0.717) is 4.47 Å². The fraction of sp³-hybridized carbons (Fsp3) is 0.235. The monoisotopic (exact) mass is 347 g/mol. The average molecular weight is 348 g/mol. The fourth-order valence-corrected chi connectivity index (χ4v) is 3.32. The van der Waals surface area contributed by atoms with Crippen molar-refractivity contribution in [3.63, 3.8) is 0 Å². The molecule has 1 amide bonds. The lowest BCUT2D eigenvalue weighted by molar-refractivity contribution is 0.102. The summed E-state index contributed by atoms with van der Waals surface area (Å²) >= 11 is 3.24. The molecule has 1 aliphatic carbocycles. The zero-order chi connectivity index (χ0) is 14.8. The number of carbonyl (C=O) groups is 1. The van der Waals surface area contributed by atoms with E-state index in [1.54, 1.807) is 12.1 Å². The first-order valence-electron chi connectivity index (χ1n) is 7.03. The highest BCUT2D eigenvalue weighted by atomic mass is 79.9. The number of hydrogen-bond acceptors (Lipinski definition) is 1. The Morgan fingerprint density at radius 3 is 2.67 bits per heavy atom. The SMILES string of the molecule is O=C(Nc1cccc2c1CCCC2)c1c(F)cccc1Br. The van der Waals surface area contributed by atoms with Crippen LogP contribution in [0.5, 0.6) is 0 Å². The van der Waals surface area contributed by atoms with Gasteiger partial charge in [0.1, 0.15) is 5.82 Å². The lowest BCUT2D eigenvalue weighted by Gasteiger charge is -2.19. The molecule has 0 bridgehead atoms. The summed E-state index contributed by atoms with van der Waals surface area (Å²) in [5.74, 6) is -0.939. The molecular weight excluding hydrogens is 333 g/mol. The summed E-state index contributed by atoms with van der Waals surface area (Å²) in [6.07, 6.45) is 4.32. The number of fused-ring (bicyclic) bond motifs is 1. The van der Waals surface area contributed by atoms with Crippen LogP contribution in [0, 0.1) is 5.82 Å². The van der Waals surface area contributed by atoms with Crippen molar-refractivity contribution in [3.05, 3.63) is 63.4 Å². The van der Waals surface area contributed by atoms with Gasteiger partial charge in [-0.25, -0.2) is 4.39 Å². The average Bonchev–Trinajstić information content (AvgIpc) is 2.47. The van der Waals surface area contributed by atoms with Crippen molar-refractivity contribution < 1.29 is 9.18 Å². The number of nitrogens with one attached hydrogen (secondary N) is 1. The van der Waals surface area contributed by atoms with Crippen molar-refractivity contribution in [2.75, 3.05) is 5.32 Å². The highest BCUT2D eigenvalue weighted by molar-refractivity contribution is 9.10. The van der Waals surface area contributed by atoms with E-state index in [0.717, 1.165) is 24.9 Å². The number of hydrogen-bond donors (Lipinski definition) is 1. The van der Waals surface area contributed by atoms with Gasteiger partial charge in [0.05, 0.1) is 5.56 Å². The van der Waals surface area contributed by atoms with Gasteiger partial charge in [0.15, 0.2) is 0 Å². The Labute approximate surface area is 131 Å². The Hall–Kier alpha value is -1.68. The molecule has 1 N–H and O–H groups in total. The van der Waals surface area contributed by atoms with Crippen LogP contribution in [0.2, 0.25) is 0 Å². The molecule has 2 aromatic carbocycles. The summed E-state index contributed by atoms with van der Waals surface area (Å²) in [4.78, 5) is 12.4. The standard InChI is InChI=1S/C17H15BrFNO/c18-13-8-4-9-14(19)16(13)17(21)20-15-10-3-6-11-5-1-2-7-12(11)15/h3-4,6,8-10H,1-2,5,7H2,(H,20,21). The van der Waals surface area contributed by atoms with E-state index in [4.69, 9.17) is 0 Å². The second-order valence-electron chi connectivity index (χ2n) is 5.20. The fourth-order valence-electron chi connectivity index (χ4n) is 2.80. The highest BCUT2D eigenvalue weighted by Crippen LogP contribution is 2.29. The van der Waals surface area contributed by atoms with Crippen LogP contribution >= 0.6 is 15.9 Å². The molecule has 4 heteroatoms. The molecule has 108 valence electrons. The van der Waals surface area contributed by atoms with Crippen molar-refractivity contribution in [2.45, 2.75) is 25.7 Å². The van der Waals surface area contributed by atoms with Crippen LogP contribution in [0.1, 0.15) is 34.3 Å². The third kappa shape index (κ3) is 2.86. The van der Waals surface area contributed by atoms with E-state index >= 15 is 0 Å². The predicted molar refractivity (Wildman–Crippen MR) is 85.1 cm³/mol. The van der Waals surface area contributed by atoms with Crippen LogP contribution in [-0.2, 0) is 12.8 Å². The third-order valence-corrected chi connectivity index (χ3v) is 4.49. The van der Waals surface area contributed by atoms with E-state index in [-0.39, 0.29) is 5.56 Å². The first-order valence-corrected chi connectivity index (χ1v) is 7.82. The van der Waals surface area contributed by atoms with Crippen LogP contribution in [-0.4, -0.2) is 5.91 Å². The molecule has 0 fully saturated rings. The van der Waals surface area contributed by atoms with Crippen LogP contribution in [0.4, 0.5) is 10.1 Å². The quantitative estimate of drug-likeness (QED) is 0.836. The molecular formula is C17H15BrFNO. The smallest absolute Gasteiger partial charge is 0.259 e. The second kappa shape index (κ2) is 5.98. The minimum absolute atomic E-state index is 0.0471. The van der Waals surface area contributed by atoms with E-state index in [1.807, 2.05) is 12.1 Å². The van der Waals surface area contributed by atoms with E-state index in [9.17, 15) is 9.18 Å². The van der Waals surface area contributed by atoms with E-state index in [2.05, 4.69) is 27.3 Å². The molecule has 0 saturated heterocycles. The van der Waals surface area contributed by atoms with Gasteiger partial charge < -0.3 is 5.32 Å². The summed E-state index contributed by atoms with van der Waals surface area (Å²) in [5, 5.41) is 2.86. The number of benzene rings is 2.